The average Bonchev–Trinajstić information content (AvgIpc) is 3.17. The lowest BCUT2D eigenvalue weighted by Gasteiger charge is -2.21. The maximum absolute atomic E-state index is 11.8. The van der Waals surface area contributed by atoms with E-state index in [9.17, 15) is 9.59 Å². The van der Waals surface area contributed by atoms with Gasteiger partial charge in [-0.15, -0.1) is 0 Å². The van der Waals surface area contributed by atoms with Crippen LogP contribution in [-0.2, 0) is 19.1 Å². The molecule has 124 valence electrons. The van der Waals surface area contributed by atoms with Crippen molar-refractivity contribution in [2.45, 2.75) is 37.6 Å². The van der Waals surface area contributed by atoms with Crippen molar-refractivity contribution < 1.29 is 19.1 Å². The topological polar surface area (TPSA) is 76.7 Å². The zero-order valence-electron chi connectivity index (χ0n) is 12.6. The van der Waals surface area contributed by atoms with E-state index in [2.05, 4.69) is 10.6 Å². The molecule has 1 saturated heterocycles. The van der Waals surface area contributed by atoms with Gasteiger partial charge >= 0.3 is 11.8 Å². The fourth-order valence-electron chi connectivity index (χ4n) is 2.90. The number of benzene rings is 1. The number of halogens is 1. The van der Waals surface area contributed by atoms with Crippen LogP contribution in [0.3, 0.4) is 0 Å². The lowest BCUT2D eigenvalue weighted by Crippen LogP contribution is -2.40. The van der Waals surface area contributed by atoms with Crippen LogP contribution in [0, 0.1) is 0 Å². The number of ether oxygens (including phenoxy) is 2. The number of rotatable bonds is 3. The predicted molar refractivity (Wildman–Crippen MR) is 85.1 cm³/mol. The summed E-state index contributed by atoms with van der Waals surface area (Å²) in [6.07, 6.45) is 3.79. The molecule has 0 radical (unpaired) electrons. The third-order valence-corrected chi connectivity index (χ3v) is 4.33. The summed E-state index contributed by atoms with van der Waals surface area (Å²) < 4.78 is 11.6. The highest BCUT2D eigenvalue weighted by molar-refractivity contribution is 6.39. The zero-order valence-corrected chi connectivity index (χ0v) is 13.4. The Hall–Kier alpha value is -1.63. The first-order valence-corrected chi connectivity index (χ1v) is 8.11. The average molecular weight is 339 g/mol. The Labute approximate surface area is 139 Å². The Bertz CT molecular complexity index is 584. The van der Waals surface area contributed by atoms with Crippen LogP contribution in [0.2, 0.25) is 5.02 Å². The molecule has 2 N–H and O–H groups in total. The molecule has 1 heterocycles. The molecule has 7 heteroatoms. The van der Waals surface area contributed by atoms with Gasteiger partial charge in [-0.25, -0.2) is 0 Å². The molecule has 2 amide bonds. The fraction of sp³-hybridized carbons (Fsp3) is 0.500. The monoisotopic (exact) mass is 338 g/mol. The molecule has 3 rings (SSSR count). The number of carbonyl (C=O) groups is 2. The Morgan fingerprint density at radius 3 is 2.57 bits per heavy atom. The summed E-state index contributed by atoms with van der Waals surface area (Å²) in [7, 11) is 0. The van der Waals surface area contributed by atoms with Gasteiger partial charge in [-0.3, -0.25) is 9.59 Å². The van der Waals surface area contributed by atoms with Crippen LogP contribution < -0.4 is 10.6 Å². The van der Waals surface area contributed by atoms with Crippen LogP contribution in [0.15, 0.2) is 24.3 Å². The highest BCUT2D eigenvalue weighted by atomic mass is 35.5. The maximum Gasteiger partial charge on any atom is 0.313 e. The van der Waals surface area contributed by atoms with Crippen molar-refractivity contribution in [2.75, 3.05) is 18.5 Å². The van der Waals surface area contributed by atoms with E-state index < -0.39 is 17.6 Å². The smallest absolute Gasteiger partial charge is 0.313 e. The SMILES string of the molecule is O=C(NCC1COC2(CCCC2)O1)C(=O)Nc1ccc(Cl)cc1. The van der Waals surface area contributed by atoms with Crippen molar-refractivity contribution in [1.82, 2.24) is 5.32 Å². The zero-order chi connectivity index (χ0) is 16.3. The molecule has 0 aromatic heterocycles. The lowest BCUT2D eigenvalue weighted by atomic mass is 10.2. The minimum atomic E-state index is -0.721. The van der Waals surface area contributed by atoms with E-state index in [-0.39, 0.29) is 12.6 Å². The molecule has 1 aliphatic carbocycles. The second-order valence-electron chi connectivity index (χ2n) is 5.84. The molecule has 2 aliphatic rings. The minimum absolute atomic E-state index is 0.208. The largest absolute Gasteiger partial charge is 0.347 e. The Morgan fingerprint density at radius 1 is 1.17 bits per heavy atom. The van der Waals surface area contributed by atoms with E-state index in [1.54, 1.807) is 24.3 Å². The van der Waals surface area contributed by atoms with Gasteiger partial charge in [0.25, 0.3) is 0 Å². The van der Waals surface area contributed by atoms with Crippen molar-refractivity contribution in [3.63, 3.8) is 0 Å². The third-order valence-electron chi connectivity index (χ3n) is 4.08. The van der Waals surface area contributed by atoms with Crippen molar-refractivity contribution in [3.8, 4) is 0 Å². The van der Waals surface area contributed by atoms with Gasteiger partial charge in [-0.2, -0.15) is 0 Å². The quantitative estimate of drug-likeness (QED) is 0.827. The van der Waals surface area contributed by atoms with Crippen molar-refractivity contribution in [3.05, 3.63) is 29.3 Å². The summed E-state index contributed by atoms with van der Waals surface area (Å²) in [4.78, 5) is 23.7. The van der Waals surface area contributed by atoms with Gasteiger partial charge < -0.3 is 20.1 Å². The number of amides is 2. The van der Waals surface area contributed by atoms with Gasteiger partial charge in [0.2, 0.25) is 0 Å². The third kappa shape index (κ3) is 4.02. The number of hydrogen-bond acceptors (Lipinski definition) is 4. The Balaban J connectivity index is 1.44. The highest BCUT2D eigenvalue weighted by Crippen LogP contribution is 2.38. The normalized spacial score (nSPS) is 22.2. The predicted octanol–water partition coefficient (Wildman–Crippen LogP) is 2.08. The van der Waals surface area contributed by atoms with Gasteiger partial charge in [0.1, 0.15) is 6.10 Å². The fourth-order valence-corrected chi connectivity index (χ4v) is 3.03. The van der Waals surface area contributed by atoms with Crippen LogP contribution in [-0.4, -0.2) is 36.9 Å². The van der Waals surface area contributed by atoms with Crippen molar-refractivity contribution in [1.29, 1.82) is 0 Å². The first kappa shape index (κ1) is 16.2. The van der Waals surface area contributed by atoms with Crippen LogP contribution in [0.25, 0.3) is 0 Å². The summed E-state index contributed by atoms with van der Waals surface area (Å²) in [5.74, 6) is -1.88. The molecular formula is C16H19ClN2O4. The van der Waals surface area contributed by atoms with Crippen LogP contribution in [0.1, 0.15) is 25.7 Å². The first-order valence-electron chi connectivity index (χ1n) is 7.73. The summed E-state index contributed by atoms with van der Waals surface area (Å²) in [5.41, 5.74) is 0.514. The Morgan fingerprint density at radius 2 is 1.87 bits per heavy atom. The first-order chi connectivity index (χ1) is 11.1. The molecule has 1 atom stereocenters. The molecule has 1 saturated carbocycles. The number of hydrogen-bond donors (Lipinski definition) is 2. The van der Waals surface area contributed by atoms with Crippen molar-refractivity contribution in [2.24, 2.45) is 0 Å². The van der Waals surface area contributed by atoms with E-state index >= 15 is 0 Å². The molecule has 1 unspecified atom stereocenters. The van der Waals surface area contributed by atoms with Gasteiger partial charge in [0.15, 0.2) is 5.79 Å². The van der Waals surface area contributed by atoms with Crippen LogP contribution in [0.5, 0.6) is 0 Å². The van der Waals surface area contributed by atoms with Gasteiger partial charge in [-0.1, -0.05) is 11.6 Å². The second kappa shape index (κ2) is 6.86. The molecule has 2 fully saturated rings. The highest BCUT2D eigenvalue weighted by Gasteiger charge is 2.43. The lowest BCUT2D eigenvalue weighted by molar-refractivity contribution is -0.161. The summed E-state index contributed by atoms with van der Waals surface area (Å²) in [6.45, 7) is 0.702. The number of nitrogens with one attached hydrogen (secondary N) is 2. The number of carbonyl (C=O) groups excluding carboxylic acids is 2. The van der Waals surface area contributed by atoms with E-state index in [0.29, 0.717) is 17.3 Å². The number of anilines is 1. The molecule has 1 spiro atoms. The van der Waals surface area contributed by atoms with E-state index in [1.807, 2.05) is 0 Å². The summed E-state index contributed by atoms with van der Waals surface area (Å²) in [6, 6.07) is 6.54. The van der Waals surface area contributed by atoms with Crippen LogP contribution >= 0.6 is 11.6 Å². The van der Waals surface area contributed by atoms with Gasteiger partial charge in [0.05, 0.1) is 6.61 Å². The van der Waals surface area contributed by atoms with Crippen LogP contribution in [0.4, 0.5) is 5.69 Å². The molecule has 6 nitrogen and oxygen atoms in total. The molecule has 1 aromatic carbocycles. The Kier molecular flexibility index (Phi) is 4.84. The second-order valence-corrected chi connectivity index (χ2v) is 6.28. The van der Waals surface area contributed by atoms with E-state index in [1.165, 1.54) is 0 Å². The molecule has 1 aliphatic heterocycles. The molecule has 1 aromatic rings. The molecule has 23 heavy (non-hydrogen) atoms. The molecular weight excluding hydrogens is 320 g/mol. The standard InChI is InChI=1S/C16H19ClN2O4/c17-11-3-5-12(6-4-11)19-15(21)14(20)18-9-13-10-22-16(23-13)7-1-2-8-16/h3-6,13H,1-2,7-10H2,(H,18,20)(H,19,21). The van der Waals surface area contributed by atoms with E-state index in [4.69, 9.17) is 21.1 Å². The van der Waals surface area contributed by atoms with Gasteiger partial charge in [-0.05, 0) is 37.1 Å². The minimum Gasteiger partial charge on any atom is -0.347 e. The van der Waals surface area contributed by atoms with Gasteiger partial charge in [0, 0.05) is 30.1 Å². The summed E-state index contributed by atoms with van der Waals surface area (Å²) in [5, 5.41) is 5.65. The maximum atomic E-state index is 11.8. The van der Waals surface area contributed by atoms with Crippen molar-refractivity contribution >= 4 is 29.1 Å². The molecule has 0 bridgehead atoms. The van der Waals surface area contributed by atoms with E-state index in [0.717, 1.165) is 25.7 Å². The summed E-state index contributed by atoms with van der Waals surface area (Å²) >= 11 is 5.77.